The maximum Gasteiger partial charge on any atom is 0.255 e. The lowest BCUT2D eigenvalue weighted by atomic mass is 10.2. The molecule has 1 amide bonds. The average Bonchev–Trinajstić information content (AvgIpc) is 2.85. The molecule has 35 heavy (non-hydrogen) atoms. The molecule has 2 N–H and O–H groups in total. The topological polar surface area (TPSA) is 81.7 Å². The second kappa shape index (κ2) is 11.0. The molecule has 8 heteroatoms. The second-order valence-corrected chi connectivity index (χ2v) is 10.8. The van der Waals surface area contributed by atoms with E-state index in [1.54, 1.807) is 26.0 Å². The van der Waals surface area contributed by atoms with E-state index in [1.165, 1.54) is 17.7 Å². The maximum atomic E-state index is 12.7. The van der Waals surface area contributed by atoms with E-state index < -0.39 is 10.0 Å². The molecule has 0 spiro atoms. The van der Waals surface area contributed by atoms with Crippen molar-refractivity contribution in [2.75, 3.05) is 36.4 Å². The molecular formula is C27H32N4O3S. The summed E-state index contributed by atoms with van der Waals surface area (Å²) in [4.78, 5) is 17.6. The summed E-state index contributed by atoms with van der Waals surface area (Å²) in [5, 5.41) is 2.86. The minimum absolute atomic E-state index is 0.0700. The van der Waals surface area contributed by atoms with Crippen molar-refractivity contribution < 1.29 is 13.2 Å². The number of anilines is 2. The van der Waals surface area contributed by atoms with Crippen LogP contribution in [0.2, 0.25) is 0 Å². The Bertz CT molecular complexity index is 1240. The molecule has 1 aliphatic heterocycles. The number of rotatable bonds is 8. The highest BCUT2D eigenvalue weighted by molar-refractivity contribution is 7.89. The molecule has 3 aromatic rings. The molecule has 0 saturated carbocycles. The zero-order valence-corrected chi connectivity index (χ0v) is 21.0. The van der Waals surface area contributed by atoms with Gasteiger partial charge in [0.2, 0.25) is 10.0 Å². The van der Waals surface area contributed by atoms with Gasteiger partial charge in [0.05, 0.1) is 4.90 Å². The number of benzene rings is 3. The number of nitrogens with zero attached hydrogens (tertiary/aromatic N) is 2. The van der Waals surface area contributed by atoms with Crippen molar-refractivity contribution in [1.82, 2.24) is 9.62 Å². The monoisotopic (exact) mass is 492 g/mol. The van der Waals surface area contributed by atoms with Crippen LogP contribution in [0.5, 0.6) is 0 Å². The van der Waals surface area contributed by atoms with Crippen molar-refractivity contribution in [3.05, 3.63) is 90.0 Å². The Hall–Kier alpha value is -3.20. The van der Waals surface area contributed by atoms with Crippen LogP contribution in [0, 0.1) is 0 Å². The zero-order chi connectivity index (χ0) is 24.8. The number of nitrogens with one attached hydrogen (secondary N) is 2. The van der Waals surface area contributed by atoms with E-state index >= 15 is 0 Å². The highest BCUT2D eigenvalue weighted by Crippen LogP contribution is 2.21. The largest absolute Gasteiger partial charge is 0.369 e. The summed E-state index contributed by atoms with van der Waals surface area (Å²) >= 11 is 0. The standard InChI is InChI=1S/C27H32N4O3S/c1-21(2)29-35(33,34)26-10-6-9-23(19-26)27(32)28-24-11-13-25(14-12-24)31-17-15-30(16-18-31)20-22-7-4-3-5-8-22/h3-14,19,21,29H,15-18,20H2,1-2H3,(H,28,32). The molecule has 3 aromatic carbocycles. The van der Waals surface area contributed by atoms with Crippen LogP contribution in [-0.4, -0.2) is 51.4 Å². The minimum Gasteiger partial charge on any atom is -0.369 e. The van der Waals surface area contributed by atoms with Crippen molar-refractivity contribution in [2.24, 2.45) is 0 Å². The highest BCUT2D eigenvalue weighted by Gasteiger charge is 2.19. The van der Waals surface area contributed by atoms with Crippen LogP contribution < -0.4 is 14.9 Å². The van der Waals surface area contributed by atoms with Crippen molar-refractivity contribution >= 4 is 27.3 Å². The first-order chi connectivity index (χ1) is 16.8. The lowest BCUT2D eigenvalue weighted by Crippen LogP contribution is -2.45. The molecule has 7 nitrogen and oxygen atoms in total. The average molecular weight is 493 g/mol. The molecule has 1 heterocycles. The first-order valence-corrected chi connectivity index (χ1v) is 13.3. The number of amides is 1. The van der Waals surface area contributed by atoms with Gasteiger partial charge in [-0.25, -0.2) is 13.1 Å². The van der Waals surface area contributed by atoms with Crippen LogP contribution >= 0.6 is 0 Å². The number of hydrogen-bond acceptors (Lipinski definition) is 5. The molecule has 1 aliphatic rings. The first-order valence-electron chi connectivity index (χ1n) is 11.9. The molecule has 1 saturated heterocycles. The Morgan fingerprint density at radius 3 is 2.23 bits per heavy atom. The normalized spacial score (nSPS) is 14.8. The number of hydrogen-bond donors (Lipinski definition) is 2. The smallest absolute Gasteiger partial charge is 0.255 e. The summed E-state index contributed by atoms with van der Waals surface area (Å²) in [5.74, 6) is -0.353. The Kier molecular flexibility index (Phi) is 7.85. The molecule has 0 aromatic heterocycles. The fourth-order valence-corrected chi connectivity index (χ4v) is 5.44. The minimum atomic E-state index is -3.67. The van der Waals surface area contributed by atoms with Gasteiger partial charge >= 0.3 is 0 Å². The Morgan fingerprint density at radius 2 is 1.57 bits per heavy atom. The van der Waals surface area contributed by atoms with Gasteiger partial charge in [0.15, 0.2) is 0 Å². The summed E-state index contributed by atoms with van der Waals surface area (Å²) < 4.78 is 27.4. The van der Waals surface area contributed by atoms with Gasteiger partial charge in [0, 0.05) is 55.7 Å². The van der Waals surface area contributed by atoms with E-state index in [1.807, 2.05) is 30.3 Å². The number of carbonyl (C=O) groups is 1. The summed E-state index contributed by atoms with van der Waals surface area (Å²) in [6.07, 6.45) is 0. The third-order valence-electron chi connectivity index (χ3n) is 5.91. The van der Waals surface area contributed by atoms with Crippen molar-refractivity contribution in [1.29, 1.82) is 0 Å². The molecular weight excluding hydrogens is 460 g/mol. The predicted octanol–water partition coefficient (Wildman–Crippen LogP) is 3.95. The fraction of sp³-hybridized carbons (Fsp3) is 0.296. The molecule has 0 unspecified atom stereocenters. The summed E-state index contributed by atoms with van der Waals surface area (Å²) in [6, 6.07) is 24.1. The summed E-state index contributed by atoms with van der Waals surface area (Å²) in [5.41, 5.74) is 3.40. The first kappa shape index (κ1) is 24.9. The van der Waals surface area contributed by atoms with Crippen molar-refractivity contribution in [2.45, 2.75) is 31.3 Å². The van der Waals surface area contributed by atoms with Gasteiger partial charge < -0.3 is 10.2 Å². The van der Waals surface area contributed by atoms with Gasteiger partial charge in [-0.3, -0.25) is 9.69 Å². The van der Waals surface area contributed by atoms with Crippen LogP contribution in [-0.2, 0) is 16.6 Å². The maximum absolute atomic E-state index is 12.7. The SMILES string of the molecule is CC(C)NS(=O)(=O)c1cccc(C(=O)Nc2ccc(N3CCN(Cc4ccccc4)CC3)cc2)c1. The van der Waals surface area contributed by atoms with Crippen molar-refractivity contribution in [3.8, 4) is 0 Å². The number of piperazine rings is 1. The van der Waals surface area contributed by atoms with Gasteiger partial charge in [0.1, 0.15) is 0 Å². The summed E-state index contributed by atoms with van der Waals surface area (Å²) in [6.45, 7) is 8.37. The van der Waals surface area contributed by atoms with E-state index in [4.69, 9.17) is 0 Å². The van der Waals surface area contributed by atoms with Gasteiger partial charge in [-0.15, -0.1) is 0 Å². The van der Waals surface area contributed by atoms with Crippen LogP contribution in [0.15, 0.2) is 83.8 Å². The number of carbonyl (C=O) groups excluding carboxylic acids is 1. The van der Waals surface area contributed by atoms with E-state index in [0.717, 1.165) is 38.4 Å². The predicted molar refractivity (Wildman–Crippen MR) is 140 cm³/mol. The molecule has 4 rings (SSSR count). The molecule has 184 valence electrons. The van der Waals surface area contributed by atoms with Crippen LogP contribution in [0.25, 0.3) is 0 Å². The quantitative estimate of drug-likeness (QED) is 0.498. The fourth-order valence-electron chi connectivity index (χ4n) is 4.15. The van der Waals surface area contributed by atoms with Crippen molar-refractivity contribution in [3.63, 3.8) is 0 Å². The van der Waals surface area contributed by atoms with Gasteiger partial charge in [-0.05, 0) is 61.9 Å². The molecule has 0 atom stereocenters. The Labute approximate surface area is 207 Å². The molecule has 1 fully saturated rings. The lowest BCUT2D eigenvalue weighted by Gasteiger charge is -2.36. The molecule has 0 radical (unpaired) electrons. The lowest BCUT2D eigenvalue weighted by molar-refractivity contribution is 0.102. The second-order valence-electron chi connectivity index (χ2n) is 9.05. The van der Waals surface area contributed by atoms with E-state index in [9.17, 15) is 13.2 Å². The van der Waals surface area contributed by atoms with E-state index in [-0.39, 0.29) is 22.4 Å². The Morgan fingerprint density at radius 1 is 0.886 bits per heavy atom. The van der Waals surface area contributed by atoms with Gasteiger partial charge in [0.25, 0.3) is 5.91 Å². The van der Waals surface area contributed by atoms with Crippen LogP contribution in [0.3, 0.4) is 0 Å². The molecule has 0 aliphatic carbocycles. The van der Waals surface area contributed by atoms with Gasteiger partial charge in [-0.2, -0.15) is 0 Å². The molecule has 0 bridgehead atoms. The van der Waals surface area contributed by atoms with Gasteiger partial charge in [-0.1, -0.05) is 36.4 Å². The zero-order valence-electron chi connectivity index (χ0n) is 20.1. The van der Waals surface area contributed by atoms with E-state index in [2.05, 4.69) is 44.1 Å². The van der Waals surface area contributed by atoms with Crippen LogP contribution in [0.4, 0.5) is 11.4 Å². The number of sulfonamides is 1. The third kappa shape index (κ3) is 6.69. The third-order valence-corrected chi connectivity index (χ3v) is 7.57. The van der Waals surface area contributed by atoms with Crippen LogP contribution in [0.1, 0.15) is 29.8 Å². The highest BCUT2D eigenvalue weighted by atomic mass is 32.2. The Balaban J connectivity index is 1.33. The summed E-state index contributed by atoms with van der Waals surface area (Å²) in [7, 11) is -3.67. The van der Waals surface area contributed by atoms with E-state index in [0.29, 0.717) is 5.69 Å².